The molecule has 3 aromatic rings. The topological polar surface area (TPSA) is 63.6 Å². The van der Waals surface area contributed by atoms with Crippen molar-refractivity contribution in [1.82, 2.24) is 20.2 Å². The van der Waals surface area contributed by atoms with Crippen LogP contribution in [0.5, 0.6) is 0 Å². The van der Waals surface area contributed by atoms with Crippen LogP contribution in [0.25, 0.3) is 22.6 Å². The molecule has 0 aliphatic carbocycles. The van der Waals surface area contributed by atoms with E-state index in [2.05, 4.69) is 25.5 Å². The average molecular weight is 408 g/mol. The summed E-state index contributed by atoms with van der Waals surface area (Å²) in [7, 11) is 0. The van der Waals surface area contributed by atoms with Crippen LogP contribution in [0.1, 0.15) is 20.8 Å². The van der Waals surface area contributed by atoms with Crippen LogP contribution in [-0.2, 0) is 0 Å². The molecule has 0 spiro atoms. The zero-order valence-corrected chi connectivity index (χ0v) is 16.1. The fourth-order valence-corrected chi connectivity index (χ4v) is 2.72. The molecule has 146 valence electrons. The van der Waals surface area contributed by atoms with Crippen molar-refractivity contribution >= 4 is 17.4 Å². The maximum Gasteiger partial charge on any atom is 0.183 e. The molecular weight excluding hydrogens is 391 g/mol. The molecule has 0 aliphatic heterocycles. The zero-order chi connectivity index (χ0) is 20.4. The van der Waals surface area contributed by atoms with Crippen LogP contribution >= 0.6 is 11.6 Å². The smallest absolute Gasteiger partial charge is 0.183 e. The van der Waals surface area contributed by atoms with Gasteiger partial charge in [-0.1, -0.05) is 25.4 Å². The van der Waals surface area contributed by atoms with E-state index in [0.717, 1.165) is 0 Å². The van der Waals surface area contributed by atoms with E-state index in [4.69, 9.17) is 11.6 Å². The number of benzene rings is 1. The monoisotopic (exact) mass is 407 g/mol. The van der Waals surface area contributed by atoms with E-state index in [9.17, 15) is 13.2 Å². The lowest BCUT2D eigenvalue weighted by atomic mass is 10.0. The zero-order valence-electron chi connectivity index (χ0n) is 15.3. The highest BCUT2D eigenvalue weighted by Gasteiger charge is 2.24. The molecule has 5 nitrogen and oxygen atoms in total. The van der Waals surface area contributed by atoms with E-state index >= 15 is 0 Å². The molecule has 0 aliphatic rings. The maximum absolute atomic E-state index is 14.4. The first-order chi connectivity index (χ1) is 13.3. The first-order valence-corrected chi connectivity index (χ1v) is 8.92. The van der Waals surface area contributed by atoms with E-state index in [-0.39, 0.29) is 34.3 Å². The SMILES string of the molecule is CC(C)[C@H](C)Nc1nc(-c2cccnn2)nc(Cl)c1-c1c(F)cc(F)cc1F. The largest absolute Gasteiger partial charge is 0.367 e. The van der Waals surface area contributed by atoms with E-state index in [0.29, 0.717) is 17.8 Å². The molecular formula is C19H17ClF3N5. The number of halogens is 4. The highest BCUT2D eigenvalue weighted by atomic mass is 35.5. The first-order valence-electron chi connectivity index (χ1n) is 8.55. The highest BCUT2D eigenvalue weighted by Crippen LogP contribution is 2.38. The highest BCUT2D eigenvalue weighted by molar-refractivity contribution is 6.32. The Morgan fingerprint density at radius 2 is 1.68 bits per heavy atom. The van der Waals surface area contributed by atoms with Crippen LogP contribution in [0.15, 0.2) is 30.5 Å². The van der Waals surface area contributed by atoms with E-state index in [1.54, 1.807) is 12.1 Å². The summed E-state index contributed by atoms with van der Waals surface area (Å²) in [6.07, 6.45) is 1.49. The fourth-order valence-electron chi connectivity index (χ4n) is 2.46. The average Bonchev–Trinajstić information content (AvgIpc) is 2.63. The predicted octanol–water partition coefficient (Wildman–Crippen LogP) is 5.13. The molecule has 0 saturated carbocycles. The first kappa shape index (κ1) is 20.0. The Kier molecular flexibility index (Phi) is 5.79. The van der Waals surface area contributed by atoms with Gasteiger partial charge in [-0.15, -0.1) is 5.10 Å². The Morgan fingerprint density at radius 1 is 1.00 bits per heavy atom. The van der Waals surface area contributed by atoms with Gasteiger partial charge < -0.3 is 5.32 Å². The molecule has 1 aromatic carbocycles. The van der Waals surface area contributed by atoms with Gasteiger partial charge in [0.1, 0.15) is 34.1 Å². The number of hydrogen-bond donors (Lipinski definition) is 1. The number of nitrogens with one attached hydrogen (secondary N) is 1. The lowest BCUT2D eigenvalue weighted by Gasteiger charge is -2.21. The second-order valence-corrected chi connectivity index (χ2v) is 6.95. The third kappa shape index (κ3) is 4.06. The minimum atomic E-state index is -1.10. The molecule has 3 rings (SSSR count). The van der Waals surface area contributed by atoms with Gasteiger partial charge >= 0.3 is 0 Å². The van der Waals surface area contributed by atoms with Crippen LogP contribution in [0.4, 0.5) is 19.0 Å². The van der Waals surface area contributed by atoms with Crippen molar-refractivity contribution in [3.63, 3.8) is 0 Å². The van der Waals surface area contributed by atoms with Gasteiger partial charge in [-0.25, -0.2) is 23.1 Å². The van der Waals surface area contributed by atoms with Gasteiger partial charge in [0.25, 0.3) is 0 Å². The van der Waals surface area contributed by atoms with Crippen LogP contribution < -0.4 is 5.32 Å². The molecule has 0 amide bonds. The Labute approximate surface area is 165 Å². The van der Waals surface area contributed by atoms with Crippen molar-refractivity contribution in [1.29, 1.82) is 0 Å². The molecule has 0 bridgehead atoms. The molecule has 1 N–H and O–H groups in total. The molecule has 0 fully saturated rings. The minimum absolute atomic E-state index is 0.0863. The van der Waals surface area contributed by atoms with Gasteiger partial charge in [-0.05, 0) is 25.0 Å². The summed E-state index contributed by atoms with van der Waals surface area (Å²) in [6, 6.07) is 4.34. The fraction of sp³-hybridized carbons (Fsp3) is 0.263. The Bertz CT molecular complexity index is 975. The molecule has 2 heterocycles. The summed E-state index contributed by atoms with van der Waals surface area (Å²) < 4.78 is 42.2. The summed E-state index contributed by atoms with van der Waals surface area (Å²) in [6.45, 7) is 5.84. The van der Waals surface area contributed by atoms with Crippen LogP contribution in [0, 0.1) is 23.4 Å². The predicted molar refractivity (Wildman–Crippen MR) is 101 cm³/mol. The number of rotatable bonds is 5. The number of hydrogen-bond acceptors (Lipinski definition) is 5. The standard InChI is InChI=1S/C19H17ClF3N5/c1-9(2)10(3)25-19-16(15-12(22)7-11(21)8-13(15)23)17(20)26-18(27-19)14-5-4-6-24-28-14/h4-10H,1-3H3,(H,25,26,27)/t10-/m0/s1. The van der Waals surface area contributed by atoms with E-state index in [1.165, 1.54) is 6.20 Å². The second-order valence-electron chi connectivity index (χ2n) is 6.59. The summed E-state index contributed by atoms with van der Waals surface area (Å²) in [5.41, 5.74) is -0.247. The normalized spacial score (nSPS) is 12.3. The van der Waals surface area contributed by atoms with Crippen LogP contribution in [-0.4, -0.2) is 26.2 Å². The Balaban J connectivity index is 2.24. The quantitative estimate of drug-likeness (QED) is 0.594. The summed E-state index contributed by atoms with van der Waals surface area (Å²) in [5.74, 6) is -2.79. The summed E-state index contributed by atoms with van der Waals surface area (Å²) >= 11 is 6.30. The molecule has 0 radical (unpaired) electrons. The van der Waals surface area contributed by atoms with Crippen molar-refractivity contribution in [3.05, 3.63) is 53.1 Å². The molecule has 0 unspecified atom stereocenters. The third-order valence-corrected chi connectivity index (χ3v) is 4.56. The number of anilines is 1. The lowest BCUT2D eigenvalue weighted by Crippen LogP contribution is -2.23. The van der Waals surface area contributed by atoms with Crippen LogP contribution in [0.3, 0.4) is 0 Å². The second kappa shape index (κ2) is 8.10. The third-order valence-electron chi connectivity index (χ3n) is 4.29. The van der Waals surface area contributed by atoms with Gasteiger partial charge in [-0.2, -0.15) is 5.10 Å². The maximum atomic E-state index is 14.4. The van der Waals surface area contributed by atoms with Crippen molar-refractivity contribution in [2.45, 2.75) is 26.8 Å². The van der Waals surface area contributed by atoms with Gasteiger partial charge in [0, 0.05) is 24.4 Å². The molecule has 2 aromatic heterocycles. The molecule has 0 saturated heterocycles. The van der Waals surface area contributed by atoms with Gasteiger partial charge in [0.15, 0.2) is 5.82 Å². The van der Waals surface area contributed by atoms with E-state index < -0.39 is 23.0 Å². The molecule has 1 atom stereocenters. The number of nitrogens with zero attached hydrogens (tertiary/aromatic N) is 4. The van der Waals surface area contributed by atoms with Gasteiger partial charge in [0.05, 0.1) is 11.1 Å². The Hall–Kier alpha value is -2.74. The molecule has 9 heteroatoms. The summed E-state index contributed by atoms with van der Waals surface area (Å²) in [5, 5.41) is 10.6. The Morgan fingerprint density at radius 3 is 2.25 bits per heavy atom. The lowest BCUT2D eigenvalue weighted by molar-refractivity contribution is 0.547. The van der Waals surface area contributed by atoms with Crippen LogP contribution in [0.2, 0.25) is 5.15 Å². The van der Waals surface area contributed by atoms with Crippen molar-refractivity contribution < 1.29 is 13.2 Å². The van der Waals surface area contributed by atoms with E-state index in [1.807, 2.05) is 20.8 Å². The minimum Gasteiger partial charge on any atom is -0.367 e. The van der Waals surface area contributed by atoms with Crippen molar-refractivity contribution in [2.24, 2.45) is 5.92 Å². The summed E-state index contributed by atoms with van der Waals surface area (Å²) in [4.78, 5) is 8.49. The molecule has 28 heavy (non-hydrogen) atoms. The van der Waals surface area contributed by atoms with Gasteiger partial charge in [-0.3, -0.25) is 0 Å². The number of aromatic nitrogens is 4. The van der Waals surface area contributed by atoms with Crippen molar-refractivity contribution in [2.75, 3.05) is 5.32 Å². The van der Waals surface area contributed by atoms with Gasteiger partial charge in [0.2, 0.25) is 0 Å². The van der Waals surface area contributed by atoms with Crippen molar-refractivity contribution in [3.8, 4) is 22.6 Å².